The van der Waals surface area contributed by atoms with Gasteiger partial charge in [0.05, 0.1) is 13.2 Å². The molecule has 2 rings (SSSR count). The van der Waals surface area contributed by atoms with Gasteiger partial charge in [0.2, 0.25) is 0 Å². The van der Waals surface area contributed by atoms with Crippen molar-refractivity contribution in [2.24, 2.45) is 0 Å². The highest BCUT2D eigenvalue weighted by molar-refractivity contribution is 7.87. The van der Waals surface area contributed by atoms with Gasteiger partial charge in [-0.25, -0.2) is 0 Å². The molecule has 1 unspecified atom stereocenters. The van der Waals surface area contributed by atoms with Gasteiger partial charge in [-0.2, -0.15) is 17.4 Å². The molecule has 0 spiro atoms. The van der Waals surface area contributed by atoms with Crippen molar-refractivity contribution in [3.8, 4) is 5.75 Å². The van der Waals surface area contributed by atoms with Gasteiger partial charge < -0.3 is 4.74 Å². The van der Waals surface area contributed by atoms with Gasteiger partial charge in [-0.1, -0.05) is 42.0 Å². The van der Waals surface area contributed by atoms with Crippen LogP contribution in [0.2, 0.25) is 0 Å². The quantitative estimate of drug-likeness (QED) is 0.883. The predicted molar refractivity (Wildman–Crippen MR) is 91.8 cm³/mol. The zero-order chi connectivity index (χ0) is 17.0. The van der Waals surface area contributed by atoms with Crippen LogP contribution < -0.4 is 9.46 Å². The number of benzene rings is 2. The highest BCUT2D eigenvalue weighted by atomic mass is 32.2. The lowest BCUT2D eigenvalue weighted by Gasteiger charge is -2.22. The van der Waals surface area contributed by atoms with E-state index >= 15 is 0 Å². The first kappa shape index (κ1) is 17.5. The first-order valence-corrected chi connectivity index (χ1v) is 8.68. The second kappa shape index (κ2) is 7.12. The van der Waals surface area contributed by atoms with Gasteiger partial charge in [-0.3, -0.25) is 0 Å². The molecular formula is C17H22N2O3S. The van der Waals surface area contributed by atoms with Crippen LogP contribution in [0.4, 0.5) is 0 Å². The van der Waals surface area contributed by atoms with Crippen LogP contribution in [-0.4, -0.2) is 33.9 Å². The van der Waals surface area contributed by atoms with Gasteiger partial charge >= 0.3 is 0 Å². The van der Waals surface area contributed by atoms with Crippen LogP contribution in [0.25, 0.3) is 0 Å². The molecule has 1 atom stereocenters. The number of methoxy groups -OCH3 is 1. The summed E-state index contributed by atoms with van der Waals surface area (Å²) >= 11 is 0. The maximum atomic E-state index is 12.3. The molecule has 2 aromatic rings. The summed E-state index contributed by atoms with van der Waals surface area (Å²) in [5.74, 6) is 0.729. The number of aryl methyl sites for hydroxylation is 1. The third-order valence-corrected chi connectivity index (χ3v) is 5.10. The van der Waals surface area contributed by atoms with E-state index in [1.54, 1.807) is 7.11 Å². The molecule has 0 heterocycles. The van der Waals surface area contributed by atoms with Crippen molar-refractivity contribution < 1.29 is 13.2 Å². The molecule has 5 nitrogen and oxygen atoms in total. The molecule has 0 aliphatic heterocycles. The summed E-state index contributed by atoms with van der Waals surface area (Å²) in [6, 6.07) is 14.7. The zero-order valence-corrected chi connectivity index (χ0v) is 14.6. The van der Waals surface area contributed by atoms with E-state index in [0.717, 1.165) is 26.7 Å². The Labute approximate surface area is 138 Å². The first-order chi connectivity index (χ1) is 10.8. The molecule has 124 valence electrons. The molecule has 1 N–H and O–H groups in total. The summed E-state index contributed by atoms with van der Waals surface area (Å²) < 4.78 is 33.6. The number of hydrogen-bond acceptors (Lipinski definition) is 3. The van der Waals surface area contributed by atoms with Gasteiger partial charge in [-0.05, 0) is 30.2 Å². The summed E-state index contributed by atoms with van der Waals surface area (Å²) in [6.45, 7) is 2.00. The Morgan fingerprint density at radius 2 is 1.43 bits per heavy atom. The minimum Gasteiger partial charge on any atom is -0.497 e. The van der Waals surface area contributed by atoms with Crippen molar-refractivity contribution in [2.75, 3.05) is 21.2 Å². The van der Waals surface area contributed by atoms with E-state index in [9.17, 15) is 8.42 Å². The van der Waals surface area contributed by atoms with Crippen LogP contribution in [0.15, 0.2) is 48.5 Å². The topological polar surface area (TPSA) is 58.6 Å². The molecule has 0 amide bonds. The highest BCUT2D eigenvalue weighted by Gasteiger charge is 2.22. The highest BCUT2D eigenvalue weighted by Crippen LogP contribution is 2.25. The van der Waals surface area contributed by atoms with Crippen molar-refractivity contribution in [3.63, 3.8) is 0 Å². The van der Waals surface area contributed by atoms with Crippen LogP contribution in [0.1, 0.15) is 22.7 Å². The largest absolute Gasteiger partial charge is 0.497 e. The van der Waals surface area contributed by atoms with Crippen molar-refractivity contribution >= 4 is 10.2 Å². The van der Waals surface area contributed by atoms with Gasteiger partial charge in [0.15, 0.2) is 0 Å². The maximum Gasteiger partial charge on any atom is 0.279 e. The van der Waals surface area contributed by atoms with Crippen LogP contribution in [0.3, 0.4) is 0 Å². The third kappa shape index (κ3) is 4.31. The molecule has 0 aliphatic rings. The SMILES string of the molecule is COc1ccc(C(NS(=O)(=O)N(C)C)c2ccc(C)cc2)cc1. The Bertz CT molecular complexity index is 738. The average Bonchev–Trinajstić information content (AvgIpc) is 2.53. The Balaban J connectivity index is 2.43. The van der Waals surface area contributed by atoms with Crippen LogP contribution in [0.5, 0.6) is 5.75 Å². The standard InChI is InChI=1S/C17H22N2O3S/c1-13-5-7-14(8-6-13)17(18-23(20,21)19(2)3)15-9-11-16(22-4)12-10-15/h5-12,17-18H,1-4H3. The van der Waals surface area contributed by atoms with E-state index in [-0.39, 0.29) is 0 Å². The fourth-order valence-corrected chi connectivity index (χ4v) is 2.92. The smallest absolute Gasteiger partial charge is 0.279 e. The van der Waals surface area contributed by atoms with Gasteiger partial charge in [-0.15, -0.1) is 0 Å². The fraction of sp³-hybridized carbons (Fsp3) is 0.294. The van der Waals surface area contributed by atoms with Crippen LogP contribution in [-0.2, 0) is 10.2 Å². The molecule has 0 bridgehead atoms. The number of ether oxygens (including phenoxy) is 1. The molecule has 2 aromatic carbocycles. The second-order valence-corrected chi connectivity index (χ2v) is 7.44. The lowest BCUT2D eigenvalue weighted by Crippen LogP contribution is -2.38. The Morgan fingerprint density at radius 1 is 0.957 bits per heavy atom. The summed E-state index contributed by atoms with van der Waals surface area (Å²) in [4.78, 5) is 0. The number of rotatable bonds is 6. The lowest BCUT2D eigenvalue weighted by atomic mass is 9.99. The third-order valence-electron chi connectivity index (χ3n) is 3.61. The molecule has 23 heavy (non-hydrogen) atoms. The maximum absolute atomic E-state index is 12.3. The van der Waals surface area contributed by atoms with Crippen molar-refractivity contribution in [1.29, 1.82) is 0 Å². The lowest BCUT2D eigenvalue weighted by molar-refractivity contribution is 0.414. The van der Waals surface area contributed by atoms with E-state index in [1.165, 1.54) is 14.1 Å². The van der Waals surface area contributed by atoms with Crippen LogP contribution in [0, 0.1) is 6.92 Å². The summed E-state index contributed by atoms with van der Waals surface area (Å²) in [6.07, 6.45) is 0. The Kier molecular flexibility index (Phi) is 5.41. The first-order valence-electron chi connectivity index (χ1n) is 7.24. The molecule has 0 fully saturated rings. The number of nitrogens with one attached hydrogen (secondary N) is 1. The number of hydrogen-bond donors (Lipinski definition) is 1. The van der Waals surface area contributed by atoms with E-state index < -0.39 is 16.3 Å². The molecule has 0 saturated carbocycles. The molecule has 0 aliphatic carbocycles. The van der Waals surface area contributed by atoms with E-state index in [2.05, 4.69) is 4.72 Å². The average molecular weight is 334 g/mol. The van der Waals surface area contributed by atoms with Crippen molar-refractivity contribution in [1.82, 2.24) is 9.03 Å². The minimum absolute atomic E-state index is 0.464. The van der Waals surface area contributed by atoms with E-state index in [1.807, 2.05) is 55.5 Å². The van der Waals surface area contributed by atoms with E-state index in [0.29, 0.717) is 0 Å². The summed E-state index contributed by atoms with van der Waals surface area (Å²) in [5, 5.41) is 0. The fourth-order valence-electron chi connectivity index (χ4n) is 2.14. The van der Waals surface area contributed by atoms with Crippen molar-refractivity contribution in [2.45, 2.75) is 13.0 Å². The van der Waals surface area contributed by atoms with E-state index in [4.69, 9.17) is 4.74 Å². The zero-order valence-electron chi connectivity index (χ0n) is 13.8. The molecule has 0 saturated heterocycles. The van der Waals surface area contributed by atoms with Gasteiger partial charge in [0.1, 0.15) is 5.75 Å². The van der Waals surface area contributed by atoms with Crippen LogP contribution >= 0.6 is 0 Å². The number of nitrogens with zero attached hydrogens (tertiary/aromatic N) is 1. The molecular weight excluding hydrogens is 312 g/mol. The Morgan fingerprint density at radius 3 is 1.87 bits per heavy atom. The summed E-state index contributed by atoms with van der Waals surface area (Å²) in [5.41, 5.74) is 2.85. The second-order valence-electron chi connectivity index (χ2n) is 5.52. The van der Waals surface area contributed by atoms with Gasteiger partial charge in [0.25, 0.3) is 10.2 Å². The molecule has 0 aromatic heterocycles. The monoisotopic (exact) mass is 334 g/mol. The minimum atomic E-state index is -3.57. The normalized spacial score (nSPS) is 13.1. The van der Waals surface area contributed by atoms with Crippen molar-refractivity contribution in [3.05, 3.63) is 65.2 Å². The molecule has 0 radical (unpaired) electrons. The van der Waals surface area contributed by atoms with Gasteiger partial charge in [0, 0.05) is 14.1 Å². The summed E-state index contributed by atoms with van der Waals surface area (Å²) in [7, 11) is 1.04. The molecule has 6 heteroatoms. The Hall–Kier alpha value is -1.89. The predicted octanol–water partition coefficient (Wildman–Crippen LogP) is 2.49.